The third-order valence-corrected chi connectivity index (χ3v) is 5.17. The van der Waals surface area contributed by atoms with E-state index in [0.29, 0.717) is 24.8 Å². The molecular weight excluding hydrogens is 376 g/mol. The van der Waals surface area contributed by atoms with Gasteiger partial charge in [-0.2, -0.15) is 0 Å². The number of benzene rings is 2. The van der Waals surface area contributed by atoms with E-state index in [2.05, 4.69) is 5.32 Å². The summed E-state index contributed by atoms with van der Waals surface area (Å²) >= 11 is 0. The van der Waals surface area contributed by atoms with E-state index >= 15 is 0 Å². The largest absolute Gasteiger partial charge is 0.484 e. The van der Waals surface area contributed by atoms with Gasteiger partial charge >= 0.3 is 0 Å². The first-order valence-corrected chi connectivity index (χ1v) is 10.5. The van der Waals surface area contributed by atoms with Gasteiger partial charge in [0, 0.05) is 13.1 Å². The predicted octanol–water partition coefficient (Wildman–Crippen LogP) is 4.18. The standard InChI is InChI=1S/C25H34N2O3/c1-17(2)14-26-25(29)21(6)27(15-22-10-7-18(3)8-11-22)24(28)16-30-23-12-9-19(4)20(5)13-23/h7-13,17,21H,14-16H2,1-6H3,(H,26,29)/t21-/m0/s1. The number of nitrogens with one attached hydrogen (secondary N) is 1. The minimum atomic E-state index is -0.596. The molecule has 5 nitrogen and oxygen atoms in total. The zero-order chi connectivity index (χ0) is 22.3. The summed E-state index contributed by atoms with van der Waals surface area (Å²) in [7, 11) is 0. The third-order valence-electron chi connectivity index (χ3n) is 5.17. The van der Waals surface area contributed by atoms with Gasteiger partial charge in [0.2, 0.25) is 5.91 Å². The number of hydrogen-bond donors (Lipinski definition) is 1. The molecule has 0 aliphatic carbocycles. The number of ether oxygens (including phenoxy) is 1. The molecule has 5 heteroatoms. The maximum Gasteiger partial charge on any atom is 0.261 e. The molecule has 162 valence electrons. The molecule has 0 bridgehead atoms. The van der Waals surface area contributed by atoms with Gasteiger partial charge in [0.05, 0.1) is 0 Å². The monoisotopic (exact) mass is 410 g/mol. The SMILES string of the molecule is Cc1ccc(CN(C(=O)COc2ccc(C)c(C)c2)[C@@H](C)C(=O)NCC(C)C)cc1. The molecule has 2 rings (SSSR count). The van der Waals surface area contributed by atoms with Crippen molar-refractivity contribution in [2.45, 2.75) is 54.1 Å². The highest BCUT2D eigenvalue weighted by atomic mass is 16.5. The van der Waals surface area contributed by atoms with E-state index in [9.17, 15) is 9.59 Å². The Kier molecular flexibility index (Phi) is 8.46. The molecule has 0 fully saturated rings. The van der Waals surface area contributed by atoms with Crippen molar-refractivity contribution in [3.8, 4) is 5.75 Å². The first kappa shape index (κ1) is 23.5. The van der Waals surface area contributed by atoms with Gasteiger partial charge in [-0.05, 0) is 62.4 Å². The second kappa shape index (κ2) is 10.8. The molecule has 0 saturated carbocycles. The molecule has 0 aliphatic rings. The number of hydrogen-bond acceptors (Lipinski definition) is 3. The maximum atomic E-state index is 13.0. The van der Waals surface area contributed by atoms with Gasteiger partial charge in [-0.1, -0.05) is 49.7 Å². The van der Waals surface area contributed by atoms with Crippen LogP contribution in [0.15, 0.2) is 42.5 Å². The number of nitrogens with zero attached hydrogens (tertiary/aromatic N) is 1. The molecule has 0 unspecified atom stereocenters. The summed E-state index contributed by atoms with van der Waals surface area (Å²) in [6, 6.07) is 13.1. The highest BCUT2D eigenvalue weighted by Crippen LogP contribution is 2.17. The Bertz CT molecular complexity index is 859. The van der Waals surface area contributed by atoms with Gasteiger partial charge < -0.3 is 15.0 Å². The van der Waals surface area contributed by atoms with E-state index in [1.165, 1.54) is 5.56 Å². The van der Waals surface area contributed by atoms with E-state index in [0.717, 1.165) is 16.7 Å². The summed E-state index contributed by atoms with van der Waals surface area (Å²) in [5.41, 5.74) is 4.41. The summed E-state index contributed by atoms with van der Waals surface area (Å²) < 4.78 is 5.75. The Morgan fingerprint density at radius 1 is 0.967 bits per heavy atom. The van der Waals surface area contributed by atoms with Crippen LogP contribution in [0.1, 0.15) is 43.0 Å². The summed E-state index contributed by atoms with van der Waals surface area (Å²) in [6.45, 7) is 12.7. The Morgan fingerprint density at radius 3 is 2.23 bits per heavy atom. The second-order valence-corrected chi connectivity index (χ2v) is 8.36. The zero-order valence-electron chi connectivity index (χ0n) is 19.0. The predicted molar refractivity (Wildman–Crippen MR) is 120 cm³/mol. The third kappa shape index (κ3) is 6.90. The summed E-state index contributed by atoms with van der Waals surface area (Å²) in [5.74, 6) is 0.616. The van der Waals surface area contributed by atoms with E-state index in [-0.39, 0.29) is 18.4 Å². The average molecular weight is 411 g/mol. The van der Waals surface area contributed by atoms with Crippen LogP contribution in [0.3, 0.4) is 0 Å². The molecule has 0 heterocycles. The van der Waals surface area contributed by atoms with E-state index in [1.54, 1.807) is 11.8 Å². The molecule has 2 aromatic rings. The van der Waals surface area contributed by atoms with Gasteiger partial charge in [0.25, 0.3) is 5.91 Å². The smallest absolute Gasteiger partial charge is 0.261 e. The average Bonchev–Trinajstić information content (AvgIpc) is 2.71. The zero-order valence-corrected chi connectivity index (χ0v) is 19.0. The first-order valence-electron chi connectivity index (χ1n) is 10.5. The quantitative estimate of drug-likeness (QED) is 0.675. The van der Waals surface area contributed by atoms with Gasteiger partial charge in [-0.15, -0.1) is 0 Å². The normalized spacial score (nSPS) is 11.8. The summed E-state index contributed by atoms with van der Waals surface area (Å²) in [5, 5.41) is 2.93. The minimum absolute atomic E-state index is 0.115. The van der Waals surface area contributed by atoms with Crippen LogP contribution in [0.5, 0.6) is 5.75 Å². The van der Waals surface area contributed by atoms with Gasteiger partial charge in [0.15, 0.2) is 6.61 Å². The Morgan fingerprint density at radius 2 is 1.63 bits per heavy atom. The fourth-order valence-corrected chi connectivity index (χ4v) is 2.96. The lowest BCUT2D eigenvalue weighted by Crippen LogP contribution is -2.49. The van der Waals surface area contributed by atoms with Crippen molar-refractivity contribution in [1.29, 1.82) is 0 Å². The number of carbonyl (C=O) groups excluding carboxylic acids is 2. The molecule has 0 spiro atoms. The molecule has 1 atom stereocenters. The van der Waals surface area contributed by atoms with Crippen LogP contribution in [0.2, 0.25) is 0 Å². The lowest BCUT2D eigenvalue weighted by molar-refractivity contribution is -0.142. The molecule has 0 aromatic heterocycles. The van der Waals surface area contributed by atoms with Crippen LogP contribution in [-0.2, 0) is 16.1 Å². The second-order valence-electron chi connectivity index (χ2n) is 8.36. The summed E-state index contributed by atoms with van der Waals surface area (Å²) in [6.07, 6.45) is 0. The molecule has 1 N–H and O–H groups in total. The van der Waals surface area contributed by atoms with Crippen LogP contribution in [0, 0.1) is 26.7 Å². The lowest BCUT2D eigenvalue weighted by Gasteiger charge is -2.29. The van der Waals surface area contributed by atoms with Crippen molar-refractivity contribution < 1.29 is 14.3 Å². The Hall–Kier alpha value is -2.82. The molecule has 0 saturated heterocycles. The van der Waals surface area contributed by atoms with Crippen molar-refractivity contribution in [3.05, 3.63) is 64.7 Å². The number of rotatable bonds is 9. The van der Waals surface area contributed by atoms with Crippen LogP contribution in [0.4, 0.5) is 0 Å². The minimum Gasteiger partial charge on any atom is -0.484 e. The van der Waals surface area contributed by atoms with Crippen LogP contribution < -0.4 is 10.1 Å². The van der Waals surface area contributed by atoms with Gasteiger partial charge in [-0.25, -0.2) is 0 Å². The highest BCUT2D eigenvalue weighted by molar-refractivity contribution is 5.87. The number of aryl methyl sites for hydroxylation is 3. The Balaban J connectivity index is 2.13. The fraction of sp³-hybridized carbons (Fsp3) is 0.440. The van der Waals surface area contributed by atoms with Gasteiger partial charge in [0.1, 0.15) is 11.8 Å². The van der Waals surface area contributed by atoms with Crippen molar-refractivity contribution in [2.75, 3.05) is 13.2 Å². The summed E-state index contributed by atoms with van der Waals surface area (Å²) in [4.78, 5) is 27.3. The van der Waals surface area contributed by atoms with Crippen LogP contribution >= 0.6 is 0 Å². The Labute approximate surface area is 180 Å². The molecule has 0 radical (unpaired) electrons. The molecular formula is C25H34N2O3. The molecule has 2 aromatic carbocycles. The van der Waals surface area contributed by atoms with Crippen LogP contribution in [-0.4, -0.2) is 35.9 Å². The number of carbonyl (C=O) groups is 2. The van der Waals surface area contributed by atoms with Crippen molar-refractivity contribution in [1.82, 2.24) is 10.2 Å². The number of amides is 2. The van der Waals surface area contributed by atoms with Gasteiger partial charge in [-0.3, -0.25) is 9.59 Å². The topological polar surface area (TPSA) is 58.6 Å². The van der Waals surface area contributed by atoms with E-state index in [4.69, 9.17) is 4.74 Å². The van der Waals surface area contributed by atoms with Crippen molar-refractivity contribution in [2.24, 2.45) is 5.92 Å². The van der Waals surface area contributed by atoms with Crippen LogP contribution in [0.25, 0.3) is 0 Å². The van der Waals surface area contributed by atoms with E-state index < -0.39 is 6.04 Å². The van der Waals surface area contributed by atoms with E-state index in [1.807, 2.05) is 77.1 Å². The lowest BCUT2D eigenvalue weighted by atomic mass is 10.1. The molecule has 30 heavy (non-hydrogen) atoms. The first-order chi connectivity index (χ1) is 14.2. The van der Waals surface area contributed by atoms with Crippen molar-refractivity contribution in [3.63, 3.8) is 0 Å². The maximum absolute atomic E-state index is 13.0. The highest BCUT2D eigenvalue weighted by Gasteiger charge is 2.26. The molecule has 2 amide bonds. The van der Waals surface area contributed by atoms with Crippen molar-refractivity contribution >= 4 is 11.8 Å². The fourth-order valence-electron chi connectivity index (χ4n) is 2.96. The molecule has 0 aliphatic heterocycles.